The molecule has 5 heteroatoms. The summed E-state index contributed by atoms with van der Waals surface area (Å²) in [6.07, 6.45) is 8.21. The second kappa shape index (κ2) is 5.93. The molecule has 0 saturated carbocycles. The molecule has 0 amide bonds. The molecule has 2 heterocycles. The van der Waals surface area contributed by atoms with Crippen LogP contribution in [0.15, 0.2) is 49.1 Å². The van der Waals surface area contributed by atoms with E-state index in [0.717, 1.165) is 23.3 Å². The number of benzene rings is 1. The van der Waals surface area contributed by atoms with E-state index in [2.05, 4.69) is 27.5 Å². The maximum atomic E-state index is 5.28. The fraction of sp³-hybridized carbons (Fsp3) is 0.250. The minimum atomic E-state index is 0.179. The molecule has 1 aromatic carbocycles. The van der Waals surface area contributed by atoms with Crippen LogP contribution in [-0.2, 0) is 6.42 Å². The van der Waals surface area contributed by atoms with Crippen molar-refractivity contribution in [1.29, 1.82) is 0 Å². The minimum Gasteiger partial charge on any atom is -0.497 e. The van der Waals surface area contributed by atoms with Gasteiger partial charge in [-0.25, -0.2) is 4.52 Å². The van der Waals surface area contributed by atoms with Gasteiger partial charge in [-0.3, -0.25) is 4.98 Å². The molecule has 0 aliphatic heterocycles. The van der Waals surface area contributed by atoms with Crippen molar-refractivity contribution in [1.82, 2.24) is 19.9 Å². The molecule has 0 saturated heterocycles. The number of hydrogen-bond donors (Lipinski definition) is 1. The topological polar surface area (TPSA) is 51.5 Å². The summed E-state index contributed by atoms with van der Waals surface area (Å²) in [5.74, 6) is 0.879. The van der Waals surface area contributed by atoms with Gasteiger partial charge < -0.3 is 10.1 Å². The lowest BCUT2D eigenvalue weighted by Crippen LogP contribution is -2.18. The Kier molecular flexibility index (Phi) is 3.83. The summed E-state index contributed by atoms with van der Waals surface area (Å²) in [7, 11) is 3.65. The fourth-order valence-corrected chi connectivity index (χ4v) is 2.52. The van der Waals surface area contributed by atoms with Gasteiger partial charge in [0.25, 0.3) is 0 Å². The van der Waals surface area contributed by atoms with Crippen LogP contribution < -0.4 is 10.1 Å². The molecule has 0 bridgehead atoms. The van der Waals surface area contributed by atoms with E-state index in [1.54, 1.807) is 13.3 Å². The zero-order chi connectivity index (χ0) is 14.7. The molecule has 0 fully saturated rings. The molecule has 0 aliphatic carbocycles. The highest BCUT2D eigenvalue weighted by Gasteiger charge is 2.15. The van der Waals surface area contributed by atoms with Crippen molar-refractivity contribution < 1.29 is 4.74 Å². The summed E-state index contributed by atoms with van der Waals surface area (Å²) in [5.41, 5.74) is 3.39. The number of nitrogens with zero attached hydrogens (tertiary/aromatic N) is 3. The van der Waals surface area contributed by atoms with E-state index in [-0.39, 0.29) is 6.04 Å². The van der Waals surface area contributed by atoms with Gasteiger partial charge in [0, 0.05) is 24.0 Å². The maximum Gasteiger partial charge on any atom is 0.119 e. The van der Waals surface area contributed by atoms with Crippen LogP contribution in [0.25, 0.3) is 5.52 Å². The predicted molar refractivity (Wildman–Crippen MR) is 81.5 cm³/mol. The van der Waals surface area contributed by atoms with Gasteiger partial charge in [0.2, 0.25) is 0 Å². The highest BCUT2D eigenvalue weighted by molar-refractivity contribution is 5.53. The number of methoxy groups -OCH3 is 1. The van der Waals surface area contributed by atoms with Crippen LogP contribution in [0.5, 0.6) is 5.75 Å². The normalized spacial score (nSPS) is 12.5. The number of aromatic nitrogens is 3. The van der Waals surface area contributed by atoms with Crippen LogP contribution in [0.4, 0.5) is 0 Å². The molecular weight excluding hydrogens is 264 g/mol. The van der Waals surface area contributed by atoms with Gasteiger partial charge in [-0.05, 0) is 31.2 Å². The van der Waals surface area contributed by atoms with Crippen molar-refractivity contribution in [3.8, 4) is 5.75 Å². The highest BCUT2D eigenvalue weighted by Crippen LogP contribution is 2.23. The molecule has 2 aromatic heterocycles. The third-order valence-electron chi connectivity index (χ3n) is 3.65. The molecule has 108 valence electrons. The molecule has 21 heavy (non-hydrogen) atoms. The zero-order valence-corrected chi connectivity index (χ0v) is 12.2. The molecule has 0 radical (unpaired) electrons. The summed E-state index contributed by atoms with van der Waals surface area (Å²) in [4.78, 5) is 4.19. The van der Waals surface area contributed by atoms with E-state index in [9.17, 15) is 0 Å². The summed E-state index contributed by atoms with van der Waals surface area (Å²) in [6, 6.07) is 8.32. The zero-order valence-electron chi connectivity index (χ0n) is 12.2. The van der Waals surface area contributed by atoms with Gasteiger partial charge in [0.15, 0.2) is 0 Å². The number of hydrogen-bond acceptors (Lipinski definition) is 4. The molecule has 1 N–H and O–H groups in total. The molecule has 0 spiro atoms. The van der Waals surface area contributed by atoms with Crippen molar-refractivity contribution >= 4 is 5.52 Å². The van der Waals surface area contributed by atoms with Gasteiger partial charge >= 0.3 is 0 Å². The van der Waals surface area contributed by atoms with Crippen LogP contribution in [0.1, 0.15) is 17.2 Å². The second-order valence-electron chi connectivity index (χ2n) is 4.90. The largest absolute Gasteiger partial charge is 0.497 e. The second-order valence-corrected chi connectivity index (χ2v) is 4.90. The summed E-state index contributed by atoms with van der Waals surface area (Å²) in [6.45, 7) is 0. The Hall–Kier alpha value is -2.40. The van der Waals surface area contributed by atoms with E-state index < -0.39 is 0 Å². The quantitative estimate of drug-likeness (QED) is 0.780. The summed E-state index contributed by atoms with van der Waals surface area (Å²) < 4.78 is 7.13. The van der Waals surface area contributed by atoms with Crippen molar-refractivity contribution in [3.05, 3.63) is 60.2 Å². The van der Waals surface area contributed by atoms with E-state index in [1.165, 1.54) is 5.56 Å². The van der Waals surface area contributed by atoms with Gasteiger partial charge in [-0.15, -0.1) is 0 Å². The van der Waals surface area contributed by atoms with Crippen LogP contribution >= 0.6 is 0 Å². The van der Waals surface area contributed by atoms with E-state index in [0.29, 0.717) is 0 Å². The van der Waals surface area contributed by atoms with E-state index in [1.807, 2.05) is 42.3 Å². The maximum absolute atomic E-state index is 5.28. The van der Waals surface area contributed by atoms with Gasteiger partial charge in [0.1, 0.15) is 5.75 Å². The lowest BCUT2D eigenvalue weighted by atomic mass is 10.0. The monoisotopic (exact) mass is 282 g/mol. The first-order valence-electron chi connectivity index (χ1n) is 6.89. The van der Waals surface area contributed by atoms with Crippen molar-refractivity contribution in [2.75, 3.05) is 14.2 Å². The number of fused-ring (bicyclic) bond motifs is 1. The molecule has 3 aromatic rings. The lowest BCUT2D eigenvalue weighted by Gasteiger charge is -2.15. The highest BCUT2D eigenvalue weighted by atomic mass is 16.5. The first-order valence-corrected chi connectivity index (χ1v) is 6.89. The first-order chi connectivity index (χ1) is 10.3. The van der Waals surface area contributed by atoms with Gasteiger partial charge in [-0.2, -0.15) is 5.10 Å². The molecule has 1 atom stereocenters. The summed E-state index contributed by atoms with van der Waals surface area (Å²) >= 11 is 0. The third kappa shape index (κ3) is 2.73. The Bertz CT molecular complexity index is 738. The Morgan fingerprint density at radius 3 is 3.05 bits per heavy atom. The van der Waals surface area contributed by atoms with E-state index >= 15 is 0 Å². The van der Waals surface area contributed by atoms with Gasteiger partial charge in [0.05, 0.1) is 25.0 Å². The minimum absolute atomic E-state index is 0.179. The Balaban J connectivity index is 1.91. The number of likely N-dealkylation sites (N-methyl/N-ethyl adjacent to an activating group) is 1. The third-order valence-corrected chi connectivity index (χ3v) is 3.65. The van der Waals surface area contributed by atoms with Gasteiger partial charge in [-0.1, -0.05) is 12.1 Å². The van der Waals surface area contributed by atoms with E-state index in [4.69, 9.17) is 4.74 Å². The van der Waals surface area contributed by atoms with Crippen molar-refractivity contribution in [2.45, 2.75) is 12.5 Å². The molecular formula is C16H18N4O. The first kappa shape index (κ1) is 13.6. The molecule has 1 unspecified atom stereocenters. The average Bonchev–Trinajstić information content (AvgIpc) is 2.97. The molecule has 5 nitrogen and oxygen atoms in total. The molecule has 0 aliphatic rings. The average molecular weight is 282 g/mol. The standard InChI is InChI=1S/C16H18N4O/c1-17-15(9-12-4-3-5-13(8-12)21-2)14-10-19-20-7-6-18-11-16(14)20/h3-8,10-11,15,17H,9H2,1-2H3. The van der Waals surface area contributed by atoms with Crippen molar-refractivity contribution in [2.24, 2.45) is 0 Å². The smallest absolute Gasteiger partial charge is 0.119 e. The Labute approximate surface area is 123 Å². The van der Waals surface area contributed by atoms with Crippen LogP contribution in [0.3, 0.4) is 0 Å². The Morgan fingerprint density at radius 2 is 2.24 bits per heavy atom. The number of nitrogens with one attached hydrogen (secondary N) is 1. The fourth-order valence-electron chi connectivity index (χ4n) is 2.52. The predicted octanol–water partition coefficient (Wildman–Crippen LogP) is 2.24. The van der Waals surface area contributed by atoms with Crippen LogP contribution in [0.2, 0.25) is 0 Å². The SMILES string of the molecule is CNC(Cc1cccc(OC)c1)c1cnn2ccncc12. The van der Waals surface area contributed by atoms with Crippen LogP contribution in [0, 0.1) is 0 Å². The van der Waals surface area contributed by atoms with Crippen LogP contribution in [-0.4, -0.2) is 28.8 Å². The lowest BCUT2D eigenvalue weighted by molar-refractivity contribution is 0.414. The number of rotatable bonds is 5. The molecule has 3 rings (SSSR count). The Morgan fingerprint density at radius 1 is 1.33 bits per heavy atom. The number of ether oxygens (including phenoxy) is 1. The summed E-state index contributed by atoms with van der Waals surface area (Å²) in [5, 5.41) is 7.74. The van der Waals surface area contributed by atoms with Crippen molar-refractivity contribution in [3.63, 3.8) is 0 Å².